The smallest absolute Gasteiger partial charge is 0.263 e. The highest BCUT2D eigenvalue weighted by atomic mass is 19.3. The predicted octanol–water partition coefficient (Wildman–Crippen LogP) is 1.72. The number of benzene rings is 1. The third-order valence-corrected chi connectivity index (χ3v) is 1.36. The molecule has 1 rings (SSSR count). The van der Waals surface area contributed by atoms with Gasteiger partial charge in [0.2, 0.25) is 5.91 Å². The summed E-state index contributed by atoms with van der Waals surface area (Å²) in [7, 11) is 0. The number of carbonyl (C=O) groups is 1. The van der Waals surface area contributed by atoms with Crippen molar-refractivity contribution >= 4 is 5.91 Å². The van der Waals surface area contributed by atoms with Gasteiger partial charge in [0.25, 0.3) is 6.43 Å². The number of primary amides is 1. The molecule has 0 radical (unpaired) electrons. The number of carbonyl (C=O) groups excluding carboxylic acids is 1. The van der Waals surface area contributed by atoms with Gasteiger partial charge in [0.05, 0.1) is 1.37 Å². The highest BCUT2D eigenvalue weighted by Gasteiger charge is 2.06. The number of hydrogen-bond acceptors (Lipinski definition) is 1. The molecule has 0 aliphatic heterocycles. The Balaban J connectivity index is 3.13. The summed E-state index contributed by atoms with van der Waals surface area (Å²) in [6, 6.07) is 2.88. The molecule has 0 unspecified atom stereocenters. The summed E-state index contributed by atoms with van der Waals surface area (Å²) in [4.78, 5) is 10.6. The molecule has 64 valence electrons. The van der Waals surface area contributed by atoms with Crippen LogP contribution in [0.2, 0.25) is 0 Å². The summed E-state index contributed by atoms with van der Waals surface area (Å²) in [5.41, 5.74) is 4.57. The van der Waals surface area contributed by atoms with Crippen molar-refractivity contribution in [2.75, 3.05) is 0 Å². The molecule has 2 nitrogen and oxygen atoms in total. The van der Waals surface area contributed by atoms with Crippen LogP contribution in [0.5, 0.6) is 0 Å². The Morgan fingerprint density at radius 3 is 2.58 bits per heavy atom. The number of amides is 1. The molecule has 4 heteroatoms. The van der Waals surface area contributed by atoms with Crippen LogP contribution in [0, 0.1) is 0 Å². The lowest BCUT2D eigenvalue weighted by Gasteiger charge is -1.99. The summed E-state index contributed by atoms with van der Waals surface area (Å²) in [6.45, 7) is 0. The first-order chi connectivity index (χ1) is 6.02. The first kappa shape index (κ1) is 7.21. The second-order valence-corrected chi connectivity index (χ2v) is 2.20. The van der Waals surface area contributed by atoms with Crippen molar-refractivity contribution in [2.45, 2.75) is 6.43 Å². The molecule has 0 heterocycles. The maximum absolute atomic E-state index is 12.1. The fraction of sp³-hybridized carbons (Fsp3) is 0.125. The molecule has 0 spiro atoms. The van der Waals surface area contributed by atoms with Gasteiger partial charge in [-0.25, -0.2) is 8.78 Å². The number of nitrogens with two attached hydrogens (primary N) is 1. The van der Waals surface area contributed by atoms with Gasteiger partial charge in [0.1, 0.15) is 0 Å². The summed E-state index contributed by atoms with van der Waals surface area (Å²) < 4.78 is 31.4. The van der Waals surface area contributed by atoms with Crippen molar-refractivity contribution in [3.05, 3.63) is 35.4 Å². The Morgan fingerprint density at radius 2 is 2.17 bits per heavy atom. The standard InChI is InChI=1S/C8H7F2NO/c9-7(10)5-1-3-6(4-2-5)8(11)12/h1-4,7H,(H2,11,12)/i1D. The highest BCUT2D eigenvalue weighted by molar-refractivity contribution is 5.92. The highest BCUT2D eigenvalue weighted by Crippen LogP contribution is 2.18. The van der Waals surface area contributed by atoms with E-state index in [1.54, 1.807) is 0 Å². The molecular weight excluding hydrogens is 164 g/mol. The van der Waals surface area contributed by atoms with Gasteiger partial charge < -0.3 is 5.73 Å². The van der Waals surface area contributed by atoms with E-state index >= 15 is 0 Å². The zero-order valence-electron chi connectivity index (χ0n) is 7.05. The van der Waals surface area contributed by atoms with Gasteiger partial charge in [-0.15, -0.1) is 0 Å². The monoisotopic (exact) mass is 172 g/mol. The molecule has 0 saturated carbocycles. The fourth-order valence-corrected chi connectivity index (χ4v) is 0.726. The zero-order valence-corrected chi connectivity index (χ0v) is 6.05. The van der Waals surface area contributed by atoms with Crippen LogP contribution >= 0.6 is 0 Å². The molecule has 0 saturated heterocycles. The average molecular weight is 172 g/mol. The SMILES string of the molecule is [2H]c1cc(C(N)=O)ccc1C(F)F. The third-order valence-electron chi connectivity index (χ3n) is 1.36. The summed E-state index contributed by atoms with van der Waals surface area (Å²) in [5, 5.41) is 0. The lowest BCUT2D eigenvalue weighted by atomic mass is 10.1. The van der Waals surface area contributed by atoms with Crippen molar-refractivity contribution in [1.82, 2.24) is 0 Å². The number of alkyl halides is 2. The Labute approximate surface area is 69.4 Å². The normalized spacial score (nSPS) is 11.4. The topological polar surface area (TPSA) is 43.1 Å². The van der Waals surface area contributed by atoms with Crippen molar-refractivity contribution < 1.29 is 14.9 Å². The van der Waals surface area contributed by atoms with Crippen molar-refractivity contribution in [3.8, 4) is 0 Å². The van der Waals surface area contributed by atoms with E-state index in [2.05, 4.69) is 0 Å². The first-order valence-corrected chi connectivity index (χ1v) is 3.21. The molecule has 12 heavy (non-hydrogen) atoms. The average Bonchev–Trinajstić information content (AvgIpc) is 2.03. The second kappa shape index (κ2) is 3.30. The van der Waals surface area contributed by atoms with E-state index in [0.717, 1.165) is 12.1 Å². The Morgan fingerprint density at radius 1 is 1.50 bits per heavy atom. The van der Waals surface area contributed by atoms with E-state index in [9.17, 15) is 13.6 Å². The lowest BCUT2D eigenvalue weighted by Crippen LogP contribution is -2.10. The quantitative estimate of drug-likeness (QED) is 0.725. The molecule has 0 atom stereocenters. The molecule has 2 N–H and O–H groups in total. The maximum Gasteiger partial charge on any atom is 0.263 e. The van der Waals surface area contributed by atoms with Crippen molar-refractivity contribution in [2.24, 2.45) is 5.73 Å². The molecule has 0 fully saturated rings. The maximum atomic E-state index is 12.1. The summed E-state index contributed by atoms with van der Waals surface area (Å²) in [5.74, 6) is -0.727. The summed E-state index contributed by atoms with van der Waals surface area (Å²) in [6.07, 6.45) is -2.70. The summed E-state index contributed by atoms with van der Waals surface area (Å²) >= 11 is 0. The van der Waals surface area contributed by atoms with Gasteiger partial charge >= 0.3 is 0 Å². The Bertz CT molecular complexity index is 341. The van der Waals surface area contributed by atoms with Gasteiger partial charge in [-0.3, -0.25) is 4.79 Å². The molecule has 1 aromatic carbocycles. The largest absolute Gasteiger partial charge is 0.366 e. The number of halogens is 2. The lowest BCUT2D eigenvalue weighted by molar-refractivity contribution is 0.0999. The van der Waals surface area contributed by atoms with Gasteiger partial charge in [-0.2, -0.15) is 0 Å². The first-order valence-electron chi connectivity index (χ1n) is 3.71. The number of rotatable bonds is 2. The number of hydrogen-bond donors (Lipinski definition) is 1. The van der Waals surface area contributed by atoms with E-state index in [1.807, 2.05) is 0 Å². The third kappa shape index (κ3) is 1.78. The van der Waals surface area contributed by atoms with Crippen LogP contribution in [-0.2, 0) is 0 Å². The molecule has 0 aliphatic carbocycles. The molecular formula is C8H7F2NO. The predicted molar refractivity (Wildman–Crippen MR) is 39.9 cm³/mol. The Hall–Kier alpha value is -1.45. The van der Waals surface area contributed by atoms with Crippen LogP contribution in [0.1, 0.15) is 23.7 Å². The van der Waals surface area contributed by atoms with E-state index < -0.39 is 17.9 Å². The molecule has 1 amide bonds. The van der Waals surface area contributed by atoms with Crippen LogP contribution in [0.15, 0.2) is 24.2 Å². The Kier molecular flexibility index (Phi) is 1.98. The zero-order chi connectivity index (χ0) is 10.0. The van der Waals surface area contributed by atoms with Gasteiger partial charge in [0.15, 0.2) is 0 Å². The fourth-order valence-electron chi connectivity index (χ4n) is 0.726. The van der Waals surface area contributed by atoms with Crippen LogP contribution in [0.25, 0.3) is 0 Å². The van der Waals surface area contributed by atoms with Crippen LogP contribution in [0.4, 0.5) is 8.78 Å². The van der Waals surface area contributed by atoms with Gasteiger partial charge in [-0.1, -0.05) is 12.1 Å². The molecule has 0 aliphatic rings. The van der Waals surface area contributed by atoms with Crippen LogP contribution in [-0.4, -0.2) is 5.91 Å². The minimum Gasteiger partial charge on any atom is -0.366 e. The second-order valence-electron chi connectivity index (χ2n) is 2.20. The van der Waals surface area contributed by atoms with Crippen LogP contribution < -0.4 is 5.73 Å². The molecule has 0 bridgehead atoms. The van der Waals surface area contributed by atoms with Crippen molar-refractivity contribution in [1.29, 1.82) is 0 Å². The van der Waals surface area contributed by atoms with Crippen LogP contribution in [0.3, 0.4) is 0 Å². The van der Waals surface area contributed by atoms with E-state index in [0.29, 0.717) is 0 Å². The van der Waals surface area contributed by atoms with E-state index in [-0.39, 0.29) is 11.6 Å². The van der Waals surface area contributed by atoms with E-state index in [4.69, 9.17) is 7.10 Å². The van der Waals surface area contributed by atoms with Gasteiger partial charge in [-0.05, 0) is 12.1 Å². The minimum absolute atomic E-state index is 0.0643. The van der Waals surface area contributed by atoms with Gasteiger partial charge in [0, 0.05) is 11.1 Å². The van der Waals surface area contributed by atoms with E-state index in [1.165, 1.54) is 6.07 Å². The molecule has 1 aromatic rings. The molecule has 0 aromatic heterocycles. The van der Waals surface area contributed by atoms with Crippen molar-refractivity contribution in [3.63, 3.8) is 0 Å². The minimum atomic E-state index is -2.70.